The van der Waals surface area contributed by atoms with Gasteiger partial charge in [-0.2, -0.15) is 10.1 Å². The minimum absolute atomic E-state index is 0.220. The summed E-state index contributed by atoms with van der Waals surface area (Å²) in [4.78, 5) is 30.7. The summed E-state index contributed by atoms with van der Waals surface area (Å²) in [5, 5.41) is 6.30. The Morgan fingerprint density at radius 3 is 2.64 bits per heavy atom. The van der Waals surface area contributed by atoms with Gasteiger partial charge in [0, 0.05) is 7.05 Å². The third-order valence-electron chi connectivity index (χ3n) is 4.82. The van der Waals surface area contributed by atoms with Gasteiger partial charge >= 0.3 is 5.69 Å². The molecular formula is C20H22N6O2. The average molecular weight is 378 g/mol. The van der Waals surface area contributed by atoms with E-state index in [1.54, 1.807) is 12.1 Å². The molecule has 0 aliphatic carbocycles. The Morgan fingerprint density at radius 1 is 1.18 bits per heavy atom. The predicted octanol–water partition coefficient (Wildman–Crippen LogP) is 1.72. The maximum Gasteiger partial charge on any atom is 0.332 e. The standard InChI is InChI=1S/C20H22N6O2/c1-4-5-11-26-19-21-17-16(24(19)12-14(2)22-26)18(27)25(20(28)23(17)3)13-15-9-7-6-8-10-15/h4-10H,11-13H2,1-3H3/b5-4+. The summed E-state index contributed by atoms with van der Waals surface area (Å²) in [5.41, 5.74) is 1.86. The minimum Gasteiger partial charge on any atom is -0.297 e. The van der Waals surface area contributed by atoms with Gasteiger partial charge in [0.05, 0.1) is 25.3 Å². The van der Waals surface area contributed by atoms with E-state index in [1.807, 2.05) is 60.9 Å². The summed E-state index contributed by atoms with van der Waals surface area (Å²) in [6.45, 7) is 5.09. The first-order chi connectivity index (χ1) is 13.5. The smallest absolute Gasteiger partial charge is 0.297 e. The van der Waals surface area contributed by atoms with Gasteiger partial charge in [-0.3, -0.25) is 18.5 Å². The van der Waals surface area contributed by atoms with E-state index in [1.165, 1.54) is 9.13 Å². The Balaban J connectivity index is 1.94. The molecule has 3 heterocycles. The molecule has 1 aliphatic rings. The lowest BCUT2D eigenvalue weighted by molar-refractivity contribution is 0.653. The second kappa shape index (κ2) is 6.95. The Kier molecular flexibility index (Phi) is 4.46. The van der Waals surface area contributed by atoms with E-state index in [0.717, 1.165) is 11.3 Å². The maximum absolute atomic E-state index is 13.3. The molecule has 2 aromatic heterocycles. The summed E-state index contributed by atoms with van der Waals surface area (Å²) in [7, 11) is 1.65. The Hall–Kier alpha value is -3.42. The van der Waals surface area contributed by atoms with Crippen molar-refractivity contribution in [3.05, 3.63) is 68.9 Å². The van der Waals surface area contributed by atoms with Crippen LogP contribution < -0.4 is 16.3 Å². The second-order valence-electron chi connectivity index (χ2n) is 6.88. The fourth-order valence-electron chi connectivity index (χ4n) is 3.45. The van der Waals surface area contributed by atoms with Crippen molar-refractivity contribution in [1.29, 1.82) is 0 Å². The lowest BCUT2D eigenvalue weighted by atomic mass is 10.2. The molecule has 0 atom stereocenters. The normalized spacial score (nSPS) is 14.0. The first-order valence-electron chi connectivity index (χ1n) is 9.18. The molecule has 3 aromatic rings. The van der Waals surface area contributed by atoms with Crippen molar-refractivity contribution in [3.63, 3.8) is 0 Å². The molecule has 1 aliphatic heterocycles. The first-order valence-corrected chi connectivity index (χ1v) is 9.18. The van der Waals surface area contributed by atoms with Crippen LogP contribution in [0, 0.1) is 0 Å². The summed E-state index contributed by atoms with van der Waals surface area (Å²) in [6, 6.07) is 9.49. The van der Waals surface area contributed by atoms with Crippen LogP contribution in [-0.4, -0.2) is 30.9 Å². The van der Waals surface area contributed by atoms with E-state index in [0.29, 0.717) is 30.2 Å². The lowest BCUT2D eigenvalue weighted by Gasteiger charge is -2.23. The van der Waals surface area contributed by atoms with Crippen molar-refractivity contribution in [2.45, 2.75) is 26.9 Å². The van der Waals surface area contributed by atoms with Gasteiger partial charge in [0.15, 0.2) is 11.2 Å². The van der Waals surface area contributed by atoms with Crippen LogP contribution in [0.5, 0.6) is 0 Å². The van der Waals surface area contributed by atoms with Crippen LogP contribution in [-0.2, 0) is 20.1 Å². The monoisotopic (exact) mass is 378 g/mol. The number of benzene rings is 1. The molecule has 0 spiro atoms. The highest BCUT2D eigenvalue weighted by Crippen LogP contribution is 2.23. The molecular weight excluding hydrogens is 356 g/mol. The highest BCUT2D eigenvalue weighted by atomic mass is 16.2. The number of anilines is 1. The van der Waals surface area contributed by atoms with Crippen molar-refractivity contribution in [3.8, 4) is 0 Å². The van der Waals surface area contributed by atoms with Crippen LogP contribution in [0.2, 0.25) is 0 Å². The number of hydrazone groups is 1. The van der Waals surface area contributed by atoms with Crippen LogP contribution in [0.15, 0.2) is 57.2 Å². The maximum atomic E-state index is 13.3. The molecule has 0 saturated heterocycles. The molecule has 0 bridgehead atoms. The molecule has 0 amide bonds. The van der Waals surface area contributed by atoms with Gasteiger partial charge in [-0.05, 0) is 19.4 Å². The Labute approximate surface area is 161 Å². The summed E-state index contributed by atoms with van der Waals surface area (Å²) in [5.74, 6) is 0.572. The van der Waals surface area contributed by atoms with Crippen molar-refractivity contribution >= 4 is 22.8 Å². The van der Waals surface area contributed by atoms with Crippen LogP contribution in [0.4, 0.5) is 5.95 Å². The number of aryl methyl sites for hydroxylation is 1. The molecule has 4 rings (SSSR count). The van der Waals surface area contributed by atoms with Crippen LogP contribution in [0.25, 0.3) is 11.2 Å². The van der Waals surface area contributed by atoms with Gasteiger partial charge in [0.25, 0.3) is 5.56 Å². The van der Waals surface area contributed by atoms with Crippen molar-refractivity contribution in [2.24, 2.45) is 12.1 Å². The lowest BCUT2D eigenvalue weighted by Crippen LogP contribution is -2.40. The largest absolute Gasteiger partial charge is 0.332 e. The molecule has 0 radical (unpaired) electrons. The molecule has 0 unspecified atom stereocenters. The number of allylic oxidation sites excluding steroid dienone is 1. The Bertz CT molecular complexity index is 1210. The predicted molar refractivity (Wildman–Crippen MR) is 110 cm³/mol. The average Bonchev–Trinajstić information content (AvgIpc) is 3.08. The molecule has 8 heteroatoms. The molecule has 28 heavy (non-hydrogen) atoms. The van der Waals surface area contributed by atoms with Gasteiger partial charge in [0.1, 0.15) is 0 Å². The van der Waals surface area contributed by atoms with E-state index >= 15 is 0 Å². The third kappa shape index (κ3) is 2.87. The first kappa shape index (κ1) is 18.0. The molecule has 1 aromatic carbocycles. The highest BCUT2D eigenvalue weighted by Gasteiger charge is 2.26. The number of aromatic nitrogens is 4. The van der Waals surface area contributed by atoms with Crippen molar-refractivity contribution < 1.29 is 0 Å². The van der Waals surface area contributed by atoms with Gasteiger partial charge in [-0.15, -0.1) is 0 Å². The van der Waals surface area contributed by atoms with E-state index < -0.39 is 0 Å². The number of imidazole rings is 1. The fraction of sp³-hybridized carbons (Fsp3) is 0.300. The SMILES string of the molecule is C/C=C/CN1N=C(C)Cn2c1nc1c2c(=O)n(Cc2ccccc2)c(=O)n1C. The third-order valence-corrected chi connectivity index (χ3v) is 4.82. The zero-order valence-electron chi connectivity index (χ0n) is 16.2. The van der Waals surface area contributed by atoms with Gasteiger partial charge in [0.2, 0.25) is 5.95 Å². The zero-order chi connectivity index (χ0) is 19.8. The van der Waals surface area contributed by atoms with Gasteiger partial charge < -0.3 is 0 Å². The van der Waals surface area contributed by atoms with Gasteiger partial charge in [-0.25, -0.2) is 9.80 Å². The van der Waals surface area contributed by atoms with Gasteiger partial charge in [-0.1, -0.05) is 42.5 Å². The summed E-state index contributed by atoms with van der Waals surface area (Å²) < 4.78 is 4.56. The van der Waals surface area contributed by atoms with Crippen LogP contribution in [0.3, 0.4) is 0 Å². The van der Waals surface area contributed by atoms with Crippen LogP contribution in [0.1, 0.15) is 19.4 Å². The second-order valence-corrected chi connectivity index (χ2v) is 6.88. The van der Waals surface area contributed by atoms with E-state index in [-0.39, 0.29) is 17.8 Å². The highest BCUT2D eigenvalue weighted by molar-refractivity contribution is 5.87. The van der Waals surface area contributed by atoms with E-state index in [9.17, 15) is 9.59 Å². The number of hydrogen-bond donors (Lipinski definition) is 0. The number of hydrogen-bond acceptors (Lipinski definition) is 5. The molecule has 0 N–H and O–H groups in total. The quantitative estimate of drug-likeness (QED) is 0.648. The Morgan fingerprint density at radius 2 is 1.93 bits per heavy atom. The number of rotatable bonds is 4. The van der Waals surface area contributed by atoms with Crippen molar-refractivity contribution in [1.82, 2.24) is 18.7 Å². The molecule has 144 valence electrons. The van der Waals surface area contributed by atoms with E-state index in [4.69, 9.17) is 0 Å². The number of fused-ring (bicyclic) bond motifs is 3. The topological polar surface area (TPSA) is 77.4 Å². The fourth-order valence-corrected chi connectivity index (χ4v) is 3.45. The zero-order valence-corrected chi connectivity index (χ0v) is 16.2. The summed E-state index contributed by atoms with van der Waals surface area (Å²) in [6.07, 6.45) is 3.91. The van der Waals surface area contributed by atoms with Crippen molar-refractivity contribution in [2.75, 3.05) is 11.6 Å². The molecule has 0 saturated carbocycles. The van der Waals surface area contributed by atoms with E-state index in [2.05, 4.69) is 10.1 Å². The van der Waals surface area contributed by atoms with Crippen LogP contribution >= 0.6 is 0 Å². The summed E-state index contributed by atoms with van der Waals surface area (Å²) >= 11 is 0. The molecule has 8 nitrogen and oxygen atoms in total. The minimum atomic E-state index is -0.380. The molecule has 0 fully saturated rings. The number of nitrogens with zero attached hydrogens (tertiary/aromatic N) is 6.